The van der Waals surface area contributed by atoms with E-state index in [4.69, 9.17) is 5.73 Å². The Balaban J connectivity index is 1.73. The molecule has 0 heterocycles. The zero-order valence-corrected chi connectivity index (χ0v) is 10.9. The highest BCUT2D eigenvalue weighted by Crippen LogP contribution is 2.46. The molecule has 0 radical (unpaired) electrons. The third-order valence-corrected chi connectivity index (χ3v) is 4.35. The molecule has 2 saturated carbocycles. The van der Waals surface area contributed by atoms with Gasteiger partial charge in [0.1, 0.15) is 5.82 Å². The zero-order chi connectivity index (χ0) is 13.5. The van der Waals surface area contributed by atoms with Gasteiger partial charge in [-0.2, -0.15) is 0 Å². The van der Waals surface area contributed by atoms with Crippen LogP contribution in [-0.2, 0) is 10.3 Å². The predicted molar refractivity (Wildman–Crippen MR) is 70.8 cm³/mol. The van der Waals surface area contributed by atoms with Crippen LogP contribution in [-0.4, -0.2) is 11.9 Å². The van der Waals surface area contributed by atoms with Crippen molar-refractivity contribution in [1.82, 2.24) is 5.32 Å². The Morgan fingerprint density at radius 2 is 2.05 bits per heavy atom. The van der Waals surface area contributed by atoms with Crippen molar-refractivity contribution in [3.8, 4) is 0 Å². The number of benzene rings is 1. The minimum Gasteiger partial charge on any atom is -0.346 e. The van der Waals surface area contributed by atoms with Crippen molar-refractivity contribution in [2.24, 2.45) is 11.7 Å². The van der Waals surface area contributed by atoms with Gasteiger partial charge in [0.05, 0.1) is 5.54 Å². The van der Waals surface area contributed by atoms with E-state index in [9.17, 15) is 9.18 Å². The second-order valence-corrected chi connectivity index (χ2v) is 5.82. The maximum Gasteiger partial charge on any atom is 0.223 e. The van der Waals surface area contributed by atoms with E-state index in [-0.39, 0.29) is 23.7 Å². The van der Waals surface area contributed by atoms with Crippen molar-refractivity contribution < 1.29 is 9.18 Å². The van der Waals surface area contributed by atoms with Crippen LogP contribution in [0.5, 0.6) is 0 Å². The minimum absolute atomic E-state index is 0.000696. The summed E-state index contributed by atoms with van der Waals surface area (Å²) in [5, 5.41) is 3.05. The van der Waals surface area contributed by atoms with Gasteiger partial charge < -0.3 is 11.1 Å². The van der Waals surface area contributed by atoms with E-state index >= 15 is 0 Å². The molecule has 2 aliphatic carbocycles. The molecule has 19 heavy (non-hydrogen) atoms. The lowest BCUT2D eigenvalue weighted by Gasteiger charge is -2.21. The molecule has 2 fully saturated rings. The number of hydrogen-bond donors (Lipinski definition) is 2. The molecule has 102 valence electrons. The lowest BCUT2D eigenvalue weighted by atomic mass is 10.0. The van der Waals surface area contributed by atoms with Crippen LogP contribution >= 0.6 is 0 Å². The van der Waals surface area contributed by atoms with Crippen LogP contribution in [0.3, 0.4) is 0 Å². The van der Waals surface area contributed by atoms with Crippen molar-refractivity contribution in [1.29, 1.82) is 0 Å². The number of nitrogens with one attached hydrogen (secondary N) is 1. The van der Waals surface area contributed by atoms with Crippen LogP contribution in [0.25, 0.3) is 0 Å². The average Bonchev–Trinajstić information content (AvgIpc) is 3.02. The Labute approximate surface area is 112 Å². The highest BCUT2D eigenvalue weighted by molar-refractivity contribution is 5.80. The third-order valence-electron chi connectivity index (χ3n) is 4.35. The second kappa shape index (κ2) is 4.60. The Kier molecular flexibility index (Phi) is 3.05. The first-order chi connectivity index (χ1) is 9.11. The van der Waals surface area contributed by atoms with E-state index in [0.717, 1.165) is 32.1 Å². The summed E-state index contributed by atoms with van der Waals surface area (Å²) in [6.07, 6.45) is 4.14. The van der Waals surface area contributed by atoms with Gasteiger partial charge in [-0.3, -0.25) is 4.79 Å². The lowest BCUT2D eigenvalue weighted by Crippen LogP contribution is -2.39. The van der Waals surface area contributed by atoms with Gasteiger partial charge in [-0.15, -0.1) is 0 Å². The molecule has 1 amide bonds. The molecular formula is C15H19FN2O. The summed E-state index contributed by atoms with van der Waals surface area (Å²) in [4.78, 5) is 12.2. The maximum absolute atomic E-state index is 13.8. The largest absolute Gasteiger partial charge is 0.346 e. The average molecular weight is 262 g/mol. The van der Waals surface area contributed by atoms with Crippen LogP contribution in [0.15, 0.2) is 24.3 Å². The van der Waals surface area contributed by atoms with Crippen LogP contribution in [0, 0.1) is 11.7 Å². The molecule has 0 bridgehead atoms. The Morgan fingerprint density at radius 1 is 1.32 bits per heavy atom. The Morgan fingerprint density at radius 3 is 2.63 bits per heavy atom. The first kappa shape index (κ1) is 12.6. The van der Waals surface area contributed by atoms with Gasteiger partial charge in [0.2, 0.25) is 5.91 Å². The van der Waals surface area contributed by atoms with Crippen molar-refractivity contribution in [2.45, 2.75) is 43.7 Å². The van der Waals surface area contributed by atoms with Gasteiger partial charge in [-0.1, -0.05) is 18.2 Å². The van der Waals surface area contributed by atoms with Gasteiger partial charge in [0.15, 0.2) is 0 Å². The smallest absolute Gasteiger partial charge is 0.223 e. The standard InChI is InChI=1S/C15H19FN2O/c16-13-4-2-1-3-12(13)15(7-8-15)18-14(19)10-5-6-11(17)9-10/h1-4,10-11H,5-9,17H2,(H,18,19). The van der Waals surface area contributed by atoms with Gasteiger partial charge >= 0.3 is 0 Å². The fourth-order valence-electron chi connectivity index (χ4n) is 3.03. The molecule has 4 heteroatoms. The van der Waals surface area contributed by atoms with Crippen molar-refractivity contribution >= 4 is 5.91 Å². The van der Waals surface area contributed by atoms with E-state index in [1.807, 2.05) is 6.07 Å². The van der Waals surface area contributed by atoms with Crippen LogP contribution in [0.2, 0.25) is 0 Å². The number of amides is 1. The molecule has 0 saturated heterocycles. The minimum atomic E-state index is -0.463. The van der Waals surface area contributed by atoms with E-state index in [2.05, 4.69) is 5.32 Å². The third kappa shape index (κ3) is 2.37. The molecule has 2 unspecified atom stereocenters. The molecule has 0 aliphatic heterocycles. The number of rotatable bonds is 3. The van der Waals surface area contributed by atoms with Crippen molar-refractivity contribution in [2.75, 3.05) is 0 Å². The number of nitrogens with two attached hydrogens (primary N) is 1. The topological polar surface area (TPSA) is 55.1 Å². The van der Waals surface area contributed by atoms with E-state index < -0.39 is 5.54 Å². The molecule has 1 aromatic carbocycles. The van der Waals surface area contributed by atoms with Crippen molar-refractivity contribution in [3.05, 3.63) is 35.6 Å². The summed E-state index contributed by atoms with van der Waals surface area (Å²) in [7, 11) is 0. The first-order valence-corrected chi connectivity index (χ1v) is 6.93. The van der Waals surface area contributed by atoms with Crippen LogP contribution in [0.4, 0.5) is 4.39 Å². The highest BCUT2D eigenvalue weighted by atomic mass is 19.1. The summed E-state index contributed by atoms with van der Waals surface area (Å²) in [6, 6.07) is 6.85. The molecule has 3 rings (SSSR count). The SMILES string of the molecule is NC1CCC(C(=O)NC2(c3ccccc3F)CC2)C1. The zero-order valence-electron chi connectivity index (χ0n) is 10.9. The van der Waals surface area contributed by atoms with Crippen molar-refractivity contribution in [3.63, 3.8) is 0 Å². The van der Waals surface area contributed by atoms with Crippen LogP contribution < -0.4 is 11.1 Å². The number of hydrogen-bond acceptors (Lipinski definition) is 2. The van der Waals surface area contributed by atoms with E-state index in [0.29, 0.717) is 5.56 Å². The molecule has 3 N–H and O–H groups in total. The molecule has 0 aromatic heterocycles. The Bertz CT molecular complexity index is 499. The highest BCUT2D eigenvalue weighted by Gasteiger charge is 2.48. The molecule has 1 aromatic rings. The predicted octanol–water partition coefficient (Wildman–Crippen LogP) is 2.06. The summed E-state index contributed by atoms with van der Waals surface area (Å²) < 4.78 is 13.8. The summed E-state index contributed by atoms with van der Waals surface area (Å²) >= 11 is 0. The van der Waals surface area contributed by atoms with Gasteiger partial charge in [0, 0.05) is 17.5 Å². The molecule has 2 atom stereocenters. The molecule has 3 nitrogen and oxygen atoms in total. The van der Waals surface area contributed by atoms with Gasteiger partial charge in [0.25, 0.3) is 0 Å². The van der Waals surface area contributed by atoms with Gasteiger partial charge in [-0.25, -0.2) is 4.39 Å². The summed E-state index contributed by atoms with van der Waals surface area (Å²) in [5.74, 6) is -0.198. The second-order valence-electron chi connectivity index (χ2n) is 5.82. The fourth-order valence-corrected chi connectivity index (χ4v) is 3.03. The Hall–Kier alpha value is -1.42. The quantitative estimate of drug-likeness (QED) is 0.876. The number of halogens is 1. The summed E-state index contributed by atoms with van der Waals surface area (Å²) in [6.45, 7) is 0. The molecule has 0 spiro atoms. The monoisotopic (exact) mass is 262 g/mol. The molecular weight excluding hydrogens is 243 g/mol. The normalized spacial score (nSPS) is 28.1. The first-order valence-electron chi connectivity index (χ1n) is 6.93. The van der Waals surface area contributed by atoms with Crippen LogP contribution in [0.1, 0.15) is 37.7 Å². The van der Waals surface area contributed by atoms with Gasteiger partial charge in [-0.05, 0) is 38.2 Å². The summed E-state index contributed by atoms with van der Waals surface area (Å²) in [5.41, 5.74) is 5.99. The van der Waals surface area contributed by atoms with E-state index in [1.165, 1.54) is 6.07 Å². The lowest BCUT2D eigenvalue weighted by molar-refractivity contribution is -0.125. The fraction of sp³-hybridized carbons (Fsp3) is 0.533. The molecule has 2 aliphatic rings. The van der Waals surface area contributed by atoms with E-state index in [1.54, 1.807) is 12.1 Å². The maximum atomic E-state index is 13.8. The number of carbonyl (C=O) groups excluding carboxylic acids is 1. The number of carbonyl (C=O) groups is 1.